The maximum Gasteiger partial charge on any atom is 0.357 e. The smallest absolute Gasteiger partial charge is 0.357 e. The molecular formula is C9H11Br2NO2. The highest BCUT2D eigenvalue weighted by atomic mass is 79.9. The van der Waals surface area contributed by atoms with Crippen molar-refractivity contribution >= 4 is 38.9 Å². The Morgan fingerprint density at radius 1 is 1.64 bits per heavy atom. The molecule has 0 bridgehead atoms. The lowest BCUT2D eigenvalue weighted by molar-refractivity contribution is 0.0518. The predicted octanol–water partition coefficient (Wildman–Crippen LogP) is 2.73. The zero-order valence-electron chi connectivity index (χ0n) is 7.70. The lowest BCUT2D eigenvalue weighted by Gasteiger charge is -2.04. The number of rotatable bonds is 3. The number of aromatic nitrogens is 1. The lowest BCUT2D eigenvalue weighted by Crippen LogP contribution is -2.09. The van der Waals surface area contributed by atoms with E-state index in [9.17, 15) is 4.79 Å². The average Bonchev–Trinajstić information content (AvgIpc) is 2.18. The van der Waals surface area contributed by atoms with Gasteiger partial charge in [0.25, 0.3) is 0 Å². The molecule has 1 rings (SSSR count). The van der Waals surface area contributed by atoms with Crippen LogP contribution < -0.4 is 0 Å². The zero-order chi connectivity index (χ0) is 9.68. The Morgan fingerprint density at radius 3 is 2.93 bits per heavy atom. The van der Waals surface area contributed by atoms with Crippen LogP contribution in [0.2, 0.25) is 0 Å². The molecule has 14 heavy (non-hydrogen) atoms. The average molecular weight is 325 g/mol. The third kappa shape index (κ3) is 3.38. The summed E-state index contributed by atoms with van der Waals surface area (Å²) in [6, 6.07) is 3.63. The van der Waals surface area contributed by atoms with Gasteiger partial charge >= 0.3 is 5.97 Å². The fraction of sp³-hybridized carbons (Fsp3) is 0.333. The summed E-state index contributed by atoms with van der Waals surface area (Å²) in [5, 5.41) is 0.606. The molecule has 0 spiro atoms. The summed E-state index contributed by atoms with van der Waals surface area (Å²) >= 11 is 3.28. The highest BCUT2D eigenvalue weighted by Gasteiger charge is 2.11. The number of hydrogen-bond acceptors (Lipinski definition) is 3. The molecule has 0 fully saturated rings. The highest BCUT2D eigenvalue weighted by molar-refractivity contribution is 9.08. The number of carbonyl (C=O) groups excluding carboxylic acids is 1. The van der Waals surface area contributed by atoms with E-state index in [0.29, 0.717) is 17.6 Å². The minimum atomic E-state index is -0.363. The van der Waals surface area contributed by atoms with Gasteiger partial charge in [-0.05, 0) is 18.6 Å². The number of halogens is 2. The van der Waals surface area contributed by atoms with E-state index in [1.807, 2.05) is 6.07 Å². The Kier molecular flexibility index (Phi) is 6.74. The molecule has 0 aliphatic heterocycles. The van der Waals surface area contributed by atoms with Crippen LogP contribution in [0.3, 0.4) is 0 Å². The van der Waals surface area contributed by atoms with Gasteiger partial charge in [-0.3, -0.25) is 0 Å². The van der Waals surface area contributed by atoms with Crippen LogP contribution in [0.15, 0.2) is 18.3 Å². The molecule has 1 heterocycles. The molecule has 0 N–H and O–H groups in total. The van der Waals surface area contributed by atoms with Gasteiger partial charge in [-0.2, -0.15) is 0 Å². The van der Waals surface area contributed by atoms with E-state index in [-0.39, 0.29) is 23.0 Å². The van der Waals surface area contributed by atoms with Gasteiger partial charge in [0.2, 0.25) is 0 Å². The second kappa shape index (κ2) is 6.95. The number of alkyl halides is 1. The van der Waals surface area contributed by atoms with Gasteiger partial charge in [0, 0.05) is 11.5 Å². The summed E-state index contributed by atoms with van der Waals surface area (Å²) in [6.07, 6.45) is 1.58. The van der Waals surface area contributed by atoms with Crippen LogP contribution in [0.5, 0.6) is 0 Å². The van der Waals surface area contributed by atoms with Crippen LogP contribution in [0.4, 0.5) is 0 Å². The van der Waals surface area contributed by atoms with Crippen LogP contribution in [0.25, 0.3) is 0 Å². The quantitative estimate of drug-likeness (QED) is 0.634. The molecule has 0 unspecified atom stereocenters. The summed E-state index contributed by atoms with van der Waals surface area (Å²) in [5.41, 5.74) is 1.24. The number of esters is 1. The summed E-state index contributed by atoms with van der Waals surface area (Å²) in [4.78, 5) is 15.3. The van der Waals surface area contributed by atoms with Crippen molar-refractivity contribution in [3.63, 3.8) is 0 Å². The Hall–Kier alpha value is -0.420. The Morgan fingerprint density at radius 2 is 2.36 bits per heavy atom. The Balaban J connectivity index is 0.00000169. The van der Waals surface area contributed by atoms with Crippen LogP contribution in [0, 0.1) is 0 Å². The predicted molar refractivity (Wildman–Crippen MR) is 63.1 cm³/mol. The van der Waals surface area contributed by atoms with Crippen molar-refractivity contribution in [3.8, 4) is 0 Å². The van der Waals surface area contributed by atoms with Crippen molar-refractivity contribution < 1.29 is 9.53 Å². The fourth-order valence-corrected chi connectivity index (χ4v) is 1.38. The zero-order valence-corrected chi connectivity index (χ0v) is 11.0. The normalized spacial score (nSPS) is 9.00. The molecular weight excluding hydrogens is 314 g/mol. The third-order valence-electron chi connectivity index (χ3n) is 1.50. The molecule has 0 amide bonds. The molecule has 0 aliphatic rings. The summed E-state index contributed by atoms with van der Waals surface area (Å²) in [5.74, 6) is -0.363. The van der Waals surface area contributed by atoms with E-state index in [1.54, 1.807) is 19.2 Å². The first kappa shape index (κ1) is 13.6. The highest BCUT2D eigenvalue weighted by Crippen LogP contribution is 2.10. The van der Waals surface area contributed by atoms with Crippen molar-refractivity contribution in [2.45, 2.75) is 12.3 Å². The maximum atomic E-state index is 11.3. The summed E-state index contributed by atoms with van der Waals surface area (Å²) < 4.78 is 4.85. The van der Waals surface area contributed by atoms with Crippen molar-refractivity contribution in [2.75, 3.05) is 6.61 Å². The standard InChI is InChI=1S/C9H10BrNO2.BrH/c1-2-13-9(12)8-7(6-10)4-3-5-11-8;/h3-5H,2,6H2,1H3;1H. The number of ether oxygens (including phenoxy) is 1. The van der Waals surface area contributed by atoms with E-state index < -0.39 is 0 Å². The second-order valence-electron chi connectivity index (χ2n) is 2.37. The topological polar surface area (TPSA) is 39.2 Å². The van der Waals surface area contributed by atoms with Crippen LogP contribution in [0.1, 0.15) is 23.0 Å². The molecule has 0 aromatic carbocycles. The Labute approximate surface area is 102 Å². The minimum Gasteiger partial charge on any atom is -0.461 e. The first-order chi connectivity index (χ1) is 6.29. The van der Waals surface area contributed by atoms with Gasteiger partial charge in [-0.1, -0.05) is 22.0 Å². The largest absolute Gasteiger partial charge is 0.461 e. The molecule has 0 atom stereocenters. The van der Waals surface area contributed by atoms with Crippen LogP contribution in [-0.4, -0.2) is 17.6 Å². The molecule has 78 valence electrons. The number of carbonyl (C=O) groups is 1. The van der Waals surface area contributed by atoms with Crippen molar-refractivity contribution in [2.24, 2.45) is 0 Å². The maximum absolute atomic E-state index is 11.3. The van der Waals surface area contributed by atoms with E-state index in [2.05, 4.69) is 20.9 Å². The number of nitrogens with zero attached hydrogens (tertiary/aromatic N) is 1. The van der Waals surface area contributed by atoms with Crippen molar-refractivity contribution in [1.29, 1.82) is 0 Å². The molecule has 3 nitrogen and oxygen atoms in total. The Bertz CT molecular complexity index is 305. The van der Waals surface area contributed by atoms with Gasteiger partial charge in [-0.25, -0.2) is 9.78 Å². The van der Waals surface area contributed by atoms with E-state index in [1.165, 1.54) is 0 Å². The molecule has 5 heteroatoms. The monoisotopic (exact) mass is 323 g/mol. The van der Waals surface area contributed by atoms with Gasteiger partial charge in [0.15, 0.2) is 5.69 Å². The van der Waals surface area contributed by atoms with E-state index in [4.69, 9.17) is 4.74 Å². The number of pyridine rings is 1. The van der Waals surface area contributed by atoms with E-state index in [0.717, 1.165) is 5.56 Å². The van der Waals surface area contributed by atoms with Crippen molar-refractivity contribution in [1.82, 2.24) is 4.98 Å². The summed E-state index contributed by atoms with van der Waals surface area (Å²) in [7, 11) is 0. The summed E-state index contributed by atoms with van der Waals surface area (Å²) in [6.45, 7) is 2.14. The molecule has 1 aromatic heterocycles. The first-order valence-corrected chi connectivity index (χ1v) is 5.08. The third-order valence-corrected chi connectivity index (χ3v) is 2.11. The minimum absolute atomic E-state index is 0. The van der Waals surface area contributed by atoms with Crippen LogP contribution in [-0.2, 0) is 10.1 Å². The van der Waals surface area contributed by atoms with Crippen LogP contribution >= 0.6 is 32.9 Å². The first-order valence-electron chi connectivity index (χ1n) is 3.96. The fourth-order valence-electron chi connectivity index (χ4n) is 0.930. The van der Waals surface area contributed by atoms with Gasteiger partial charge in [-0.15, -0.1) is 17.0 Å². The van der Waals surface area contributed by atoms with Gasteiger partial charge in [0.1, 0.15) is 0 Å². The molecule has 0 aliphatic carbocycles. The van der Waals surface area contributed by atoms with Gasteiger partial charge in [0.05, 0.1) is 6.61 Å². The molecule has 1 aromatic rings. The molecule has 0 saturated carbocycles. The number of hydrogen-bond donors (Lipinski definition) is 0. The lowest BCUT2D eigenvalue weighted by atomic mass is 10.2. The SMILES string of the molecule is Br.CCOC(=O)c1ncccc1CBr. The van der Waals surface area contributed by atoms with E-state index >= 15 is 0 Å². The van der Waals surface area contributed by atoms with Crippen molar-refractivity contribution in [3.05, 3.63) is 29.6 Å². The molecule has 0 radical (unpaired) electrons. The second-order valence-corrected chi connectivity index (χ2v) is 2.93. The molecule has 0 saturated heterocycles. The van der Waals surface area contributed by atoms with Gasteiger partial charge < -0.3 is 4.74 Å².